The zero-order valence-electron chi connectivity index (χ0n) is 22.9. The maximum absolute atomic E-state index is 6.70. The first-order valence-corrected chi connectivity index (χ1v) is 18.8. The summed E-state index contributed by atoms with van der Waals surface area (Å²) in [5.41, 5.74) is 0. The Morgan fingerprint density at radius 2 is 1.00 bits per heavy atom. The normalized spacial score (nSPS) is 28.1. The van der Waals surface area contributed by atoms with Crippen LogP contribution in [0.1, 0.15) is 61.1 Å². The summed E-state index contributed by atoms with van der Waals surface area (Å²) in [6.07, 6.45) is 9.08. The number of rotatable bonds is 5. The van der Waals surface area contributed by atoms with E-state index in [0.29, 0.717) is 18.1 Å². The highest BCUT2D eigenvalue weighted by molar-refractivity contribution is 7.29. The quantitative estimate of drug-likeness (QED) is 0.190. The van der Waals surface area contributed by atoms with Gasteiger partial charge in [-0.1, -0.05) is 13.3 Å². The SMILES string of the molecule is Cc1ccc(-c2ccc(-c3ccc(-c4ccc(-c5ccc(C6CCC7C(C6)OC6CC(C)CCC67)s5)s4)s3)s2)s1. The van der Waals surface area contributed by atoms with Gasteiger partial charge in [0, 0.05) is 48.8 Å². The summed E-state index contributed by atoms with van der Waals surface area (Å²) in [4.78, 5) is 14.0. The minimum Gasteiger partial charge on any atom is -0.374 e. The summed E-state index contributed by atoms with van der Waals surface area (Å²) < 4.78 is 6.70. The zero-order valence-corrected chi connectivity index (χ0v) is 27.0. The molecule has 1 aliphatic heterocycles. The van der Waals surface area contributed by atoms with Crippen molar-refractivity contribution in [1.29, 1.82) is 0 Å². The molecule has 0 radical (unpaired) electrons. The zero-order chi connectivity index (χ0) is 26.8. The van der Waals surface area contributed by atoms with Gasteiger partial charge in [-0.2, -0.15) is 0 Å². The molecule has 0 aromatic carbocycles. The first kappa shape index (κ1) is 26.1. The molecule has 6 unspecified atom stereocenters. The lowest BCUT2D eigenvalue weighted by Gasteiger charge is -2.34. The molecule has 2 saturated carbocycles. The van der Waals surface area contributed by atoms with E-state index < -0.39 is 0 Å². The van der Waals surface area contributed by atoms with Crippen molar-refractivity contribution in [2.75, 3.05) is 0 Å². The number of hydrogen-bond donors (Lipinski definition) is 0. The maximum atomic E-state index is 6.70. The Morgan fingerprint density at radius 3 is 1.57 bits per heavy atom. The first-order chi connectivity index (χ1) is 19.6. The lowest BCUT2D eigenvalue weighted by Crippen LogP contribution is -2.30. The van der Waals surface area contributed by atoms with Crippen LogP contribution in [-0.4, -0.2) is 12.2 Å². The number of ether oxygens (including phenoxy) is 1. The van der Waals surface area contributed by atoms with Crippen LogP contribution in [-0.2, 0) is 4.74 Å². The second-order valence-electron chi connectivity index (χ2n) is 12.1. The summed E-state index contributed by atoms with van der Waals surface area (Å²) in [7, 11) is 0. The Labute approximate surface area is 257 Å². The molecule has 6 heterocycles. The molecule has 1 saturated heterocycles. The van der Waals surface area contributed by atoms with Crippen LogP contribution < -0.4 is 0 Å². The summed E-state index contributed by atoms with van der Waals surface area (Å²) in [5.74, 6) is 3.18. The van der Waals surface area contributed by atoms with E-state index in [-0.39, 0.29) is 0 Å². The molecular weight excluding hydrogens is 585 g/mol. The standard InChI is InChI=1S/C34H34OS5/c1-19-3-6-22-23-7-5-21(18-25(23)35-24(22)17-19)26-9-10-29(37-26)30-13-14-33(39-30)34-16-15-32(40-34)31-12-11-28(38-31)27-8-4-20(2)36-27/h4,8-16,19,21-25H,3,5-7,17-18H2,1-2H3. The van der Waals surface area contributed by atoms with E-state index in [1.165, 1.54) is 82.4 Å². The van der Waals surface area contributed by atoms with Gasteiger partial charge in [0.15, 0.2) is 0 Å². The average molecular weight is 619 g/mol. The molecule has 3 aliphatic rings. The fourth-order valence-electron chi connectivity index (χ4n) is 7.36. The van der Waals surface area contributed by atoms with Gasteiger partial charge in [-0.15, -0.1) is 56.7 Å². The van der Waals surface area contributed by atoms with Crippen molar-refractivity contribution >= 4 is 56.7 Å². The van der Waals surface area contributed by atoms with Gasteiger partial charge in [0.2, 0.25) is 0 Å². The molecule has 0 amide bonds. The fourth-order valence-corrected chi connectivity index (χ4v) is 12.8. The fraction of sp³-hybridized carbons (Fsp3) is 0.412. The third-order valence-electron chi connectivity index (χ3n) is 9.41. The van der Waals surface area contributed by atoms with Crippen molar-refractivity contribution in [3.63, 3.8) is 0 Å². The highest BCUT2D eigenvalue weighted by Crippen LogP contribution is 2.52. The largest absolute Gasteiger partial charge is 0.374 e. The Hall–Kier alpha value is -1.54. The molecule has 6 heteroatoms. The van der Waals surface area contributed by atoms with Crippen LogP contribution >= 0.6 is 56.7 Å². The number of hydrogen-bond acceptors (Lipinski definition) is 6. The minimum absolute atomic E-state index is 0.500. The third-order valence-corrected chi connectivity index (χ3v) is 15.7. The van der Waals surface area contributed by atoms with Crippen molar-refractivity contribution in [3.05, 3.63) is 70.4 Å². The van der Waals surface area contributed by atoms with Gasteiger partial charge in [-0.3, -0.25) is 0 Å². The highest BCUT2D eigenvalue weighted by atomic mass is 32.1. The molecule has 0 N–H and O–H groups in total. The second kappa shape index (κ2) is 10.6. The summed E-state index contributed by atoms with van der Waals surface area (Å²) >= 11 is 9.68. The average Bonchev–Trinajstić information content (AvgIpc) is 3.79. The van der Waals surface area contributed by atoms with E-state index in [9.17, 15) is 0 Å². The van der Waals surface area contributed by atoms with Crippen LogP contribution in [0.15, 0.2) is 60.7 Å². The van der Waals surface area contributed by atoms with Crippen LogP contribution in [0.2, 0.25) is 0 Å². The molecular formula is C34H34OS5. The smallest absolute Gasteiger partial charge is 0.0616 e. The first-order valence-electron chi connectivity index (χ1n) is 14.7. The van der Waals surface area contributed by atoms with Gasteiger partial charge in [-0.05, 0) is 123 Å². The van der Waals surface area contributed by atoms with Crippen molar-refractivity contribution in [2.24, 2.45) is 17.8 Å². The molecule has 6 atom stereocenters. The molecule has 1 nitrogen and oxygen atoms in total. The van der Waals surface area contributed by atoms with Crippen LogP contribution in [0.5, 0.6) is 0 Å². The van der Waals surface area contributed by atoms with Crippen LogP contribution in [0.3, 0.4) is 0 Å². The van der Waals surface area contributed by atoms with Gasteiger partial charge in [0.25, 0.3) is 0 Å². The molecule has 0 bridgehead atoms. The van der Waals surface area contributed by atoms with Crippen molar-refractivity contribution in [1.82, 2.24) is 0 Å². The predicted molar refractivity (Wildman–Crippen MR) is 178 cm³/mol. The molecule has 5 aromatic rings. The molecule has 206 valence electrons. The van der Waals surface area contributed by atoms with Gasteiger partial charge >= 0.3 is 0 Å². The molecule has 8 rings (SSSR count). The van der Waals surface area contributed by atoms with E-state index in [4.69, 9.17) is 4.74 Å². The topological polar surface area (TPSA) is 9.23 Å². The number of fused-ring (bicyclic) bond motifs is 3. The molecule has 40 heavy (non-hydrogen) atoms. The number of thiophene rings is 5. The van der Waals surface area contributed by atoms with Crippen LogP contribution in [0.25, 0.3) is 39.0 Å². The highest BCUT2D eigenvalue weighted by Gasteiger charge is 2.48. The van der Waals surface area contributed by atoms with E-state index in [0.717, 1.165) is 17.8 Å². The molecule has 3 fully saturated rings. The second-order valence-corrected chi connectivity index (χ2v) is 17.7. The molecule has 2 aliphatic carbocycles. The van der Waals surface area contributed by atoms with Gasteiger partial charge < -0.3 is 4.74 Å². The van der Waals surface area contributed by atoms with Gasteiger partial charge in [-0.25, -0.2) is 0 Å². The van der Waals surface area contributed by atoms with E-state index in [1.807, 2.05) is 56.7 Å². The molecule has 5 aromatic heterocycles. The van der Waals surface area contributed by atoms with Gasteiger partial charge in [0.05, 0.1) is 12.2 Å². The Bertz CT molecular complexity index is 1630. The summed E-state index contributed by atoms with van der Waals surface area (Å²) in [6.45, 7) is 4.60. The Morgan fingerprint density at radius 1 is 0.525 bits per heavy atom. The van der Waals surface area contributed by atoms with Crippen molar-refractivity contribution in [2.45, 2.75) is 70.5 Å². The third kappa shape index (κ3) is 4.83. The lowest BCUT2D eigenvalue weighted by molar-refractivity contribution is -0.00542. The van der Waals surface area contributed by atoms with Crippen molar-refractivity contribution in [3.8, 4) is 39.0 Å². The predicted octanol–water partition coefficient (Wildman–Crippen LogP) is 12.1. The maximum Gasteiger partial charge on any atom is 0.0616 e. The number of aryl methyl sites for hydroxylation is 1. The Balaban J connectivity index is 0.956. The van der Waals surface area contributed by atoms with Crippen LogP contribution in [0.4, 0.5) is 0 Å². The van der Waals surface area contributed by atoms with Gasteiger partial charge in [0.1, 0.15) is 0 Å². The van der Waals surface area contributed by atoms with E-state index in [2.05, 4.69) is 74.5 Å². The van der Waals surface area contributed by atoms with Crippen molar-refractivity contribution < 1.29 is 4.74 Å². The van der Waals surface area contributed by atoms with Crippen LogP contribution in [0, 0.1) is 24.7 Å². The van der Waals surface area contributed by atoms with E-state index in [1.54, 1.807) is 4.88 Å². The van der Waals surface area contributed by atoms with E-state index >= 15 is 0 Å². The summed E-state index contributed by atoms with van der Waals surface area (Å²) in [6, 6.07) is 23.1. The monoisotopic (exact) mass is 618 g/mol. The minimum atomic E-state index is 0.500. The molecule has 0 spiro atoms. The lowest BCUT2D eigenvalue weighted by atomic mass is 9.69. The Kier molecular flexibility index (Phi) is 6.94. The summed E-state index contributed by atoms with van der Waals surface area (Å²) in [5, 5.41) is 0.